The van der Waals surface area contributed by atoms with Crippen LogP contribution in [0, 0.1) is 40.9 Å². The van der Waals surface area contributed by atoms with Crippen molar-refractivity contribution in [3.63, 3.8) is 0 Å². The Morgan fingerprint density at radius 1 is 1.16 bits per heavy atom. The van der Waals surface area contributed by atoms with Gasteiger partial charge in [0.15, 0.2) is 0 Å². The van der Waals surface area contributed by atoms with Crippen LogP contribution in [0.3, 0.4) is 0 Å². The molecule has 4 fully saturated rings. The lowest BCUT2D eigenvalue weighted by molar-refractivity contribution is -0.150. The van der Waals surface area contributed by atoms with E-state index >= 15 is 0 Å². The van der Waals surface area contributed by atoms with Gasteiger partial charge in [-0.05, 0) is 69.6 Å². The molecule has 1 amide bonds. The van der Waals surface area contributed by atoms with E-state index in [2.05, 4.69) is 6.07 Å². The van der Waals surface area contributed by atoms with Gasteiger partial charge in [-0.15, -0.1) is 0 Å². The van der Waals surface area contributed by atoms with Crippen LogP contribution in [-0.4, -0.2) is 23.4 Å². The fourth-order valence-electron chi connectivity index (χ4n) is 5.11. The van der Waals surface area contributed by atoms with Crippen LogP contribution in [-0.2, 0) is 4.79 Å². The highest BCUT2D eigenvalue weighted by Gasteiger charge is 2.51. The van der Waals surface area contributed by atoms with Gasteiger partial charge in [0, 0.05) is 12.0 Å². The van der Waals surface area contributed by atoms with Crippen LogP contribution in [0.2, 0.25) is 0 Å². The summed E-state index contributed by atoms with van der Waals surface area (Å²) in [7, 11) is 0. The third-order valence-electron chi connectivity index (χ3n) is 5.66. The summed E-state index contributed by atoms with van der Waals surface area (Å²) in [5.74, 6) is 3.52. The first kappa shape index (κ1) is 13.0. The first-order valence-electron chi connectivity index (χ1n) is 7.77. The molecule has 0 aliphatic heterocycles. The first-order chi connectivity index (χ1) is 9.10. The van der Waals surface area contributed by atoms with Crippen LogP contribution < -0.4 is 0 Å². The van der Waals surface area contributed by atoms with Gasteiger partial charge in [-0.2, -0.15) is 5.26 Å². The Hall–Kier alpha value is -1.04. The monoisotopic (exact) mass is 260 g/mol. The van der Waals surface area contributed by atoms with E-state index < -0.39 is 0 Å². The minimum Gasteiger partial charge on any atom is -0.327 e. The third kappa shape index (κ3) is 2.16. The van der Waals surface area contributed by atoms with Crippen molar-refractivity contribution in [2.45, 2.75) is 52.0 Å². The Kier molecular flexibility index (Phi) is 3.28. The minimum absolute atomic E-state index is 0.143. The van der Waals surface area contributed by atoms with E-state index in [-0.39, 0.29) is 24.4 Å². The maximum absolute atomic E-state index is 12.8. The molecule has 3 nitrogen and oxygen atoms in total. The van der Waals surface area contributed by atoms with Gasteiger partial charge in [0.25, 0.3) is 0 Å². The van der Waals surface area contributed by atoms with E-state index in [1.165, 1.54) is 32.1 Å². The molecule has 0 radical (unpaired) electrons. The lowest BCUT2D eigenvalue weighted by Gasteiger charge is -2.54. The summed E-state index contributed by atoms with van der Waals surface area (Å²) in [5, 5.41) is 8.94. The molecule has 0 N–H and O–H groups in total. The number of rotatable bonds is 3. The van der Waals surface area contributed by atoms with Crippen molar-refractivity contribution >= 4 is 5.91 Å². The van der Waals surface area contributed by atoms with E-state index in [4.69, 9.17) is 5.26 Å². The van der Waals surface area contributed by atoms with Gasteiger partial charge in [-0.1, -0.05) is 0 Å². The standard InChI is InChI=1S/C16H24N2O/c1-10(2)18(4-3-17)16(19)15-13-6-11-5-12(8-13)9-14(15)7-11/h10-15H,4-9H2,1-2H3. The molecular formula is C16H24N2O. The van der Waals surface area contributed by atoms with Crippen molar-refractivity contribution in [1.29, 1.82) is 5.26 Å². The molecule has 19 heavy (non-hydrogen) atoms. The minimum atomic E-state index is 0.143. The smallest absolute Gasteiger partial charge is 0.227 e. The van der Waals surface area contributed by atoms with Crippen molar-refractivity contribution in [3.05, 3.63) is 0 Å². The zero-order valence-corrected chi connectivity index (χ0v) is 12.0. The van der Waals surface area contributed by atoms with Crippen molar-refractivity contribution < 1.29 is 4.79 Å². The quantitative estimate of drug-likeness (QED) is 0.732. The maximum Gasteiger partial charge on any atom is 0.227 e. The summed E-state index contributed by atoms with van der Waals surface area (Å²) in [4.78, 5) is 14.6. The highest BCUT2D eigenvalue weighted by molar-refractivity contribution is 5.80. The van der Waals surface area contributed by atoms with E-state index in [9.17, 15) is 4.79 Å². The molecule has 0 aromatic rings. The summed E-state index contributed by atoms with van der Waals surface area (Å²) in [6.45, 7) is 4.29. The fraction of sp³-hybridized carbons (Fsp3) is 0.875. The van der Waals surface area contributed by atoms with Crippen molar-refractivity contribution in [1.82, 2.24) is 4.90 Å². The fourth-order valence-corrected chi connectivity index (χ4v) is 5.11. The molecule has 0 spiro atoms. The number of nitriles is 1. The first-order valence-corrected chi connectivity index (χ1v) is 7.77. The summed E-state index contributed by atoms with van der Waals surface area (Å²) in [6, 6.07) is 2.30. The van der Waals surface area contributed by atoms with E-state index in [0.29, 0.717) is 11.8 Å². The second-order valence-corrected chi connectivity index (χ2v) is 7.17. The lowest BCUT2D eigenvalue weighted by Crippen LogP contribution is -2.53. The SMILES string of the molecule is CC(C)N(CC#N)C(=O)C1C2CC3CC(C2)CC1C3. The Morgan fingerprint density at radius 2 is 1.68 bits per heavy atom. The van der Waals surface area contributed by atoms with E-state index in [1.54, 1.807) is 4.90 Å². The largest absolute Gasteiger partial charge is 0.327 e. The third-order valence-corrected chi connectivity index (χ3v) is 5.66. The molecular weight excluding hydrogens is 236 g/mol. The number of hydrogen-bond donors (Lipinski definition) is 0. The van der Waals surface area contributed by atoms with Crippen LogP contribution in [0.15, 0.2) is 0 Å². The van der Waals surface area contributed by atoms with Gasteiger partial charge in [-0.3, -0.25) is 4.79 Å². The highest BCUT2D eigenvalue weighted by Crippen LogP contribution is 2.56. The van der Waals surface area contributed by atoms with Crippen LogP contribution in [0.4, 0.5) is 0 Å². The average Bonchev–Trinajstić information content (AvgIpc) is 2.33. The van der Waals surface area contributed by atoms with Gasteiger partial charge >= 0.3 is 0 Å². The van der Waals surface area contributed by atoms with Crippen LogP contribution in [0.25, 0.3) is 0 Å². The zero-order chi connectivity index (χ0) is 13.6. The molecule has 0 heterocycles. The zero-order valence-electron chi connectivity index (χ0n) is 12.0. The summed E-state index contributed by atoms with van der Waals surface area (Å²) >= 11 is 0. The number of hydrogen-bond acceptors (Lipinski definition) is 2. The lowest BCUT2D eigenvalue weighted by atomic mass is 9.51. The van der Waals surface area contributed by atoms with Gasteiger partial charge < -0.3 is 4.90 Å². The predicted molar refractivity (Wildman–Crippen MR) is 73.0 cm³/mol. The molecule has 0 aromatic heterocycles. The molecule has 104 valence electrons. The normalized spacial score (nSPS) is 39.4. The summed E-state index contributed by atoms with van der Waals surface area (Å²) in [5.41, 5.74) is 0. The van der Waals surface area contributed by atoms with Gasteiger partial charge in [0.2, 0.25) is 5.91 Å². The Balaban J connectivity index is 1.78. The number of carbonyl (C=O) groups is 1. The van der Waals surface area contributed by atoms with Gasteiger partial charge in [0.1, 0.15) is 6.54 Å². The number of nitrogens with zero attached hydrogens (tertiary/aromatic N) is 2. The Morgan fingerprint density at radius 3 is 2.11 bits per heavy atom. The molecule has 4 aliphatic carbocycles. The van der Waals surface area contributed by atoms with Crippen LogP contribution >= 0.6 is 0 Å². The Bertz CT molecular complexity index is 381. The molecule has 0 atom stereocenters. The van der Waals surface area contributed by atoms with Crippen LogP contribution in [0.5, 0.6) is 0 Å². The van der Waals surface area contributed by atoms with Gasteiger partial charge in [-0.25, -0.2) is 0 Å². The van der Waals surface area contributed by atoms with E-state index in [1.807, 2.05) is 13.8 Å². The number of carbonyl (C=O) groups excluding carboxylic acids is 1. The highest BCUT2D eigenvalue weighted by atomic mass is 16.2. The molecule has 0 unspecified atom stereocenters. The van der Waals surface area contributed by atoms with Crippen molar-refractivity contribution in [2.75, 3.05) is 6.54 Å². The predicted octanol–water partition coefficient (Wildman–Crippen LogP) is 2.82. The van der Waals surface area contributed by atoms with Crippen molar-refractivity contribution in [2.24, 2.45) is 29.6 Å². The number of amides is 1. The van der Waals surface area contributed by atoms with Gasteiger partial charge in [0.05, 0.1) is 6.07 Å². The molecule has 3 heteroatoms. The van der Waals surface area contributed by atoms with Crippen molar-refractivity contribution in [3.8, 4) is 6.07 Å². The average molecular weight is 260 g/mol. The summed E-state index contributed by atoms with van der Waals surface area (Å²) < 4.78 is 0. The van der Waals surface area contributed by atoms with E-state index in [0.717, 1.165) is 11.8 Å². The molecule has 4 aliphatic rings. The maximum atomic E-state index is 12.8. The second kappa shape index (κ2) is 4.81. The molecule has 4 bridgehead atoms. The Labute approximate surface area is 116 Å². The molecule has 0 saturated heterocycles. The molecule has 4 rings (SSSR count). The summed E-state index contributed by atoms with van der Waals surface area (Å²) in [6.07, 6.45) is 6.48. The second-order valence-electron chi connectivity index (χ2n) is 7.17. The molecule has 4 saturated carbocycles. The topological polar surface area (TPSA) is 44.1 Å². The van der Waals surface area contributed by atoms with Crippen LogP contribution in [0.1, 0.15) is 46.0 Å². The molecule has 0 aromatic carbocycles.